The molecular formula is C14H18N2O3. The highest BCUT2D eigenvalue weighted by atomic mass is 16.5. The number of carbonyl (C=O) groups excluding carboxylic acids is 2. The maximum atomic E-state index is 12.3. The number of anilines is 1. The first-order valence-electron chi connectivity index (χ1n) is 6.41. The first-order chi connectivity index (χ1) is 9.15. The Kier molecular flexibility index (Phi) is 4.16. The molecule has 0 aromatic heterocycles. The van der Waals surface area contributed by atoms with E-state index < -0.39 is 0 Å². The molecule has 0 aliphatic carbocycles. The Morgan fingerprint density at radius 3 is 3.00 bits per heavy atom. The Labute approximate surface area is 112 Å². The summed E-state index contributed by atoms with van der Waals surface area (Å²) in [5.74, 6) is 0.444. The number of Topliss-reactive ketones (excluding diaryl/α,β-unsaturated/α-hetero) is 1. The summed E-state index contributed by atoms with van der Waals surface area (Å²) in [6, 6.07) is 5.16. The summed E-state index contributed by atoms with van der Waals surface area (Å²) < 4.78 is 5.27. The van der Waals surface area contributed by atoms with Crippen LogP contribution in [0.1, 0.15) is 23.7 Å². The lowest BCUT2D eigenvalue weighted by molar-refractivity contribution is -0.118. The highest BCUT2D eigenvalue weighted by Gasteiger charge is 2.21. The van der Waals surface area contributed by atoms with Crippen LogP contribution in [0.3, 0.4) is 0 Å². The van der Waals surface area contributed by atoms with Crippen LogP contribution < -0.4 is 15.4 Å². The number of carbonyl (C=O) groups is 2. The number of rotatable bonds is 5. The minimum absolute atomic E-state index is 0.0254. The zero-order valence-electron chi connectivity index (χ0n) is 11.2. The summed E-state index contributed by atoms with van der Waals surface area (Å²) in [6.45, 7) is 2.66. The summed E-state index contributed by atoms with van der Waals surface area (Å²) in [4.78, 5) is 23.6. The summed E-state index contributed by atoms with van der Waals surface area (Å²) in [5.41, 5.74) is 1.17. The van der Waals surface area contributed by atoms with Crippen molar-refractivity contribution in [3.8, 4) is 5.75 Å². The molecule has 0 bridgehead atoms. The van der Waals surface area contributed by atoms with Gasteiger partial charge in [0, 0.05) is 18.0 Å². The zero-order chi connectivity index (χ0) is 13.8. The standard InChI is InChI=1S/C14H18N2O3/c1-3-9(7-15-2)14(18)10-4-5-12-11(6-10)16-13(17)8-19-12/h4-6,9,15H,3,7-8H2,1-2H3,(H,16,17). The molecule has 0 radical (unpaired) electrons. The second kappa shape index (κ2) is 5.84. The summed E-state index contributed by atoms with van der Waals surface area (Å²) in [7, 11) is 1.83. The molecule has 5 nitrogen and oxygen atoms in total. The Hall–Kier alpha value is -1.88. The average molecular weight is 262 g/mol. The van der Waals surface area contributed by atoms with E-state index in [0.29, 0.717) is 23.5 Å². The second-order valence-corrected chi connectivity index (χ2v) is 4.57. The van der Waals surface area contributed by atoms with Crippen LogP contribution in [0.5, 0.6) is 5.75 Å². The third kappa shape index (κ3) is 2.93. The van der Waals surface area contributed by atoms with Crippen molar-refractivity contribution >= 4 is 17.4 Å². The maximum Gasteiger partial charge on any atom is 0.262 e. The van der Waals surface area contributed by atoms with Crippen LogP contribution in [0.2, 0.25) is 0 Å². The maximum absolute atomic E-state index is 12.3. The number of fused-ring (bicyclic) bond motifs is 1. The molecule has 1 aromatic rings. The van der Waals surface area contributed by atoms with Gasteiger partial charge in [0.05, 0.1) is 5.69 Å². The topological polar surface area (TPSA) is 67.4 Å². The molecular weight excluding hydrogens is 244 g/mol. The van der Waals surface area contributed by atoms with E-state index in [1.54, 1.807) is 18.2 Å². The molecule has 0 saturated heterocycles. The van der Waals surface area contributed by atoms with Gasteiger partial charge in [-0.3, -0.25) is 9.59 Å². The molecule has 1 atom stereocenters. The Morgan fingerprint density at radius 1 is 1.53 bits per heavy atom. The smallest absolute Gasteiger partial charge is 0.262 e. The third-order valence-electron chi connectivity index (χ3n) is 3.21. The van der Waals surface area contributed by atoms with Gasteiger partial charge in [0.1, 0.15) is 5.75 Å². The van der Waals surface area contributed by atoms with Crippen molar-refractivity contribution in [2.24, 2.45) is 5.92 Å². The first-order valence-corrected chi connectivity index (χ1v) is 6.41. The number of ketones is 1. The third-order valence-corrected chi connectivity index (χ3v) is 3.21. The first kappa shape index (κ1) is 13.5. The van der Waals surface area contributed by atoms with Crippen LogP contribution in [0.15, 0.2) is 18.2 Å². The molecule has 1 aliphatic heterocycles. The largest absolute Gasteiger partial charge is 0.482 e. The molecule has 1 heterocycles. The monoisotopic (exact) mass is 262 g/mol. The van der Waals surface area contributed by atoms with Crippen LogP contribution in [0.25, 0.3) is 0 Å². The van der Waals surface area contributed by atoms with Crippen molar-refractivity contribution in [3.63, 3.8) is 0 Å². The fourth-order valence-corrected chi connectivity index (χ4v) is 2.14. The zero-order valence-corrected chi connectivity index (χ0v) is 11.2. The summed E-state index contributed by atoms with van der Waals surface area (Å²) in [5, 5.41) is 5.74. The van der Waals surface area contributed by atoms with Gasteiger partial charge in [-0.2, -0.15) is 0 Å². The lowest BCUT2D eigenvalue weighted by Crippen LogP contribution is -2.27. The second-order valence-electron chi connectivity index (χ2n) is 4.57. The van der Waals surface area contributed by atoms with E-state index in [1.165, 1.54) is 0 Å². The van der Waals surface area contributed by atoms with Gasteiger partial charge in [-0.15, -0.1) is 0 Å². The Morgan fingerprint density at radius 2 is 2.32 bits per heavy atom. The number of nitrogens with one attached hydrogen (secondary N) is 2. The van der Waals surface area contributed by atoms with Gasteiger partial charge in [0.2, 0.25) is 0 Å². The van der Waals surface area contributed by atoms with Crippen molar-refractivity contribution in [1.82, 2.24) is 5.32 Å². The normalized spacial score (nSPS) is 15.2. The van der Waals surface area contributed by atoms with Gasteiger partial charge < -0.3 is 15.4 Å². The molecule has 2 rings (SSSR count). The van der Waals surface area contributed by atoms with Gasteiger partial charge in [-0.25, -0.2) is 0 Å². The molecule has 0 fully saturated rings. The quantitative estimate of drug-likeness (QED) is 0.788. The average Bonchev–Trinajstić information content (AvgIpc) is 2.43. The van der Waals surface area contributed by atoms with Gasteiger partial charge >= 0.3 is 0 Å². The lowest BCUT2D eigenvalue weighted by atomic mass is 9.94. The molecule has 1 aromatic carbocycles. The van der Waals surface area contributed by atoms with Gasteiger partial charge in [0.25, 0.3) is 5.91 Å². The van der Waals surface area contributed by atoms with Crippen molar-refractivity contribution < 1.29 is 14.3 Å². The number of benzene rings is 1. The number of hydrogen-bond acceptors (Lipinski definition) is 4. The molecule has 0 spiro atoms. The van der Waals surface area contributed by atoms with Crippen LogP contribution in [-0.2, 0) is 4.79 Å². The summed E-state index contributed by atoms with van der Waals surface area (Å²) in [6.07, 6.45) is 0.777. The van der Waals surface area contributed by atoms with E-state index in [0.717, 1.165) is 6.42 Å². The molecule has 5 heteroatoms. The van der Waals surface area contributed by atoms with Gasteiger partial charge in [-0.05, 0) is 31.7 Å². The highest BCUT2D eigenvalue weighted by Crippen LogP contribution is 2.29. The van der Waals surface area contributed by atoms with Crippen LogP contribution in [-0.4, -0.2) is 31.9 Å². The predicted octanol–water partition coefficient (Wildman–Crippen LogP) is 1.45. The van der Waals surface area contributed by atoms with Crippen LogP contribution in [0.4, 0.5) is 5.69 Å². The van der Waals surface area contributed by atoms with E-state index in [-0.39, 0.29) is 24.2 Å². The molecule has 0 saturated carbocycles. The minimum Gasteiger partial charge on any atom is -0.482 e. The van der Waals surface area contributed by atoms with Crippen molar-refractivity contribution in [2.45, 2.75) is 13.3 Å². The Bertz CT molecular complexity index is 499. The number of amides is 1. The lowest BCUT2D eigenvalue weighted by Gasteiger charge is -2.19. The van der Waals surface area contributed by atoms with E-state index in [1.807, 2.05) is 14.0 Å². The fraction of sp³-hybridized carbons (Fsp3) is 0.429. The predicted molar refractivity (Wildman–Crippen MR) is 72.6 cm³/mol. The number of hydrogen-bond donors (Lipinski definition) is 2. The van der Waals surface area contributed by atoms with E-state index in [2.05, 4.69) is 10.6 Å². The summed E-state index contributed by atoms with van der Waals surface area (Å²) >= 11 is 0. The van der Waals surface area contributed by atoms with Crippen molar-refractivity contribution in [2.75, 3.05) is 25.5 Å². The molecule has 19 heavy (non-hydrogen) atoms. The van der Waals surface area contributed by atoms with Crippen LogP contribution >= 0.6 is 0 Å². The molecule has 2 N–H and O–H groups in total. The number of ether oxygens (including phenoxy) is 1. The molecule has 1 amide bonds. The Balaban J connectivity index is 2.23. The molecule has 1 aliphatic rings. The van der Waals surface area contributed by atoms with Crippen molar-refractivity contribution in [3.05, 3.63) is 23.8 Å². The van der Waals surface area contributed by atoms with Crippen molar-refractivity contribution in [1.29, 1.82) is 0 Å². The minimum atomic E-state index is -0.195. The highest BCUT2D eigenvalue weighted by molar-refractivity contribution is 6.01. The molecule has 102 valence electrons. The van der Waals surface area contributed by atoms with Crippen LogP contribution in [0, 0.1) is 5.92 Å². The van der Waals surface area contributed by atoms with Gasteiger partial charge in [0.15, 0.2) is 12.4 Å². The SMILES string of the molecule is CCC(CNC)C(=O)c1ccc2c(c1)NC(=O)CO2. The fourth-order valence-electron chi connectivity index (χ4n) is 2.14. The molecule has 1 unspecified atom stereocenters. The van der Waals surface area contributed by atoms with Gasteiger partial charge in [-0.1, -0.05) is 6.92 Å². The van der Waals surface area contributed by atoms with E-state index in [9.17, 15) is 9.59 Å². The van der Waals surface area contributed by atoms with E-state index >= 15 is 0 Å². The van der Waals surface area contributed by atoms with E-state index in [4.69, 9.17) is 4.74 Å².